The van der Waals surface area contributed by atoms with Crippen LogP contribution >= 0.6 is 0 Å². The molecule has 0 saturated heterocycles. The molecule has 0 amide bonds. The topological polar surface area (TPSA) is 116 Å². The van der Waals surface area contributed by atoms with Gasteiger partial charge in [-0.2, -0.15) is 4.98 Å². The van der Waals surface area contributed by atoms with Crippen LogP contribution in [0.15, 0.2) is 69.0 Å². The van der Waals surface area contributed by atoms with Crippen molar-refractivity contribution >= 4 is 34.6 Å². The number of ether oxygens (including phenoxy) is 2. The molecule has 0 spiro atoms. The molecule has 3 rings (SSSR count). The number of rotatable bonds is 12. The predicted molar refractivity (Wildman–Crippen MR) is 128 cm³/mol. The van der Waals surface area contributed by atoms with Gasteiger partial charge in [0.2, 0.25) is 0 Å². The molecule has 1 N–H and O–H groups in total. The van der Waals surface area contributed by atoms with Gasteiger partial charge in [-0.1, -0.05) is 0 Å². The van der Waals surface area contributed by atoms with E-state index in [1.807, 2.05) is 62.6 Å². The van der Waals surface area contributed by atoms with E-state index in [9.17, 15) is 0 Å². The molecule has 0 saturated carbocycles. The van der Waals surface area contributed by atoms with Crippen molar-refractivity contribution in [2.75, 3.05) is 64.4 Å². The van der Waals surface area contributed by atoms with E-state index >= 15 is 0 Å². The van der Waals surface area contributed by atoms with Gasteiger partial charge in [0.25, 0.3) is 11.9 Å². The molecule has 11 nitrogen and oxygen atoms in total. The van der Waals surface area contributed by atoms with Gasteiger partial charge in [-0.05, 0) is 48.5 Å². The second-order valence-electron chi connectivity index (χ2n) is 7.22. The summed E-state index contributed by atoms with van der Waals surface area (Å²) < 4.78 is 10.2. The van der Waals surface area contributed by atoms with Gasteiger partial charge in [0, 0.05) is 52.8 Å². The van der Waals surface area contributed by atoms with Crippen LogP contribution in [0.5, 0.6) is 0 Å². The van der Waals surface area contributed by atoms with Crippen LogP contribution in [-0.2, 0) is 9.47 Å². The second-order valence-corrected chi connectivity index (χ2v) is 7.22. The molecule has 33 heavy (non-hydrogen) atoms. The van der Waals surface area contributed by atoms with Crippen LogP contribution in [0.25, 0.3) is 0 Å². The summed E-state index contributed by atoms with van der Waals surface area (Å²) in [4.78, 5) is 8.37. The summed E-state index contributed by atoms with van der Waals surface area (Å²) in [5.41, 5.74) is 3.54. The number of azo groups is 2. The van der Waals surface area contributed by atoms with Crippen LogP contribution in [0, 0.1) is 0 Å². The number of anilines is 2. The first-order valence-corrected chi connectivity index (χ1v) is 10.4. The standard InChI is InChI=1S/C22H29N9O2/c1-30(13-15-32-3)19-9-5-17(6-10-19)24-26-21-23-22(29-28-21)27-25-18-7-11-20(12-8-18)31(2)14-16-33-4/h5-12H,13-16H2,1-4H3,(H,23,28,29). The molecule has 0 aliphatic rings. The summed E-state index contributed by atoms with van der Waals surface area (Å²) in [6, 6.07) is 15.4. The molecule has 3 aromatic rings. The first kappa shape index (κ1) is 24.0. The lowest BCUT2D eigenvalue weighted by atomic mass is 10.2. The minimum atomic E-state index is 0.181. The zero-order chi connectivity index (χ0) is 23.5. The normalized spacial score (nSPS) is 11.5. The van der Waals surface area contributed by atoms with Crippen molar-refractivity contribution in [2.24, 2.45) is 20.5 Å². The molecule has 1 heterocycles. The number of nitrogens with one attached hydrogen (secondary N) is 1. The number of aromatic nitrogens is 3. The number of benzene rings is 2. The van der Waals surface area contributed by atoms with Gasteiger partial charge in [-0.25, -0.2) is 5.10 Å². The van der Waals surface area contributed by atoms with E-state index in [4.69, 9.17) is 9.47 Å². The number of hydrogen-bond acceptors (Lipinski definition) is 10. The SMILES string of the molecule is COCCN(C)c1ccc(N=Nc2n[nH]c(N=Nc3ccc(N(C)CCOC)cc3)n2)cc1. The maximum absolute atomic E-state index is 5.10. The van der Waals surface area contributed by atoms with Crippen molar-refractivity contribution in [3.63, 3.8) is 0 Å². The van der Waals surface area contributed by atoms with E-state index in [2.05, 4.69) is 45.4 Å². The Morgan fingerprint density at radius 1 is 0.727 bits per heavy atom. The van der Waals surface area contributed by atoms with Crippen LogP contribution < -0.4 is 9.80 Å². The van der Waals surface area contributed by atoms with Gasteiger partial charge in [0.05, 0.1) is 24.6 Å². The molecular weight excluding hydrogens is 422 g/mol. The zero-order valence-corrected chi connectivity index (χ0v) is 19.3. The Bertz CT molecular complexity index is 951. The van der Waals surface area contributed by atoms with Gasteiger partial charge in [-0.15, -0.1) is 25.6 Å². The summed E-state index contributed by atoms with van der Waals surface area (Å²) in [6.45, 7) is 2.95. The van der Waals surface area contributed by atoms with E-state index in [1.165, 1.54) is 0 Å². The highest BCUT2D eigenvalue weighted by molar-refractivity contribution is 5.53. The van der Waals surface area contributed by atoms with Crippen molar-refractivity contribution < 1.29 is 9.47 Å². The van der Waals surface area contributed by atoms with Crippen molar-refractivity contribution in [2.45, 2.75) is 0 Å². The van der Waals surface area contributed by atoms with Crippen LogP contribution in [0.4, 0.5) is 34.6 Å². The van der Waals surface area contributed by atoms with Gasteiger partial charge >= 0.3 is 0 Å². The number of H-pyrrole nitrogens is 1. The molecule has 174 valence electrons. The Hall–Kier alpha value is -3.70. The van der Waals surface area contributed by atoms with Crippen LogP contribution in [-0.4, -0.2) is 69.8 Å². The average molecular weight is 452 g/mol. The number of nitrogens with zero attached hydrogens (tertiary/aromatic N) is 8. The van der Waals surface area contributed by atoms with E-state index in [0.29, 0.717) is 24.6 Å². The highest BCUT2D eigenvalue weighted by Crippen LogP contribution is 2.23. The number of methoxy groups -OCH3 is 2. The molecule has 0 aliphatic heterocycles. The largest absolute Gasteiger partial charge is 0.383 e. The molecule has 0 bridgehead atoms. The first-order chi connectivity index (χ1) is 16.1. The van der Waals surface area contributed by atoms with Gasteiger partial charge in [-0.3, -0.25) is 0 Å². The average Bonchev–Trinajstić information content (AvgIpc) is 3.31. The molecular formula is C22H29N9O2. The predicted octanol–water partition coefficient (Wildman–Crippen LogP) is 4.80. The molecule has 0 atom stereocenters. The lowest BCUT2D eigenvalue weighted by Crippen LogP contribution is -2.21. The molecule has 1 aromatic heterocycles. The molecule has 0 unspecified atom stereocenters. The third-order valence-electron chi connectivity index (χ3n) is 4.82. The second kappa shape index (κ2) is 12.4. The molecule has 0 aliphatic carbocycles. The highest BCUT2D eigenvalue weighted by atomic mass is 16.5. The van der Waals surface area contributed by atoms with Gasteiger partial charge in [0.15, 0.2) is 0 Å². The smallest absolute Gasteiger partial charge is 0.289 e. The third kappa shape index (κ3) is 7.44. The van der Waals surface area contributed by atoms with E-state index in [1.54, 1.807) is 14.2 Å². The summed E-state index contributed by atoms with van der Waals surface area (Å²) in [6.07, 6.45) is 0. The molecule has 11 heteroatoms. The fourth-order valence-electron chi connectivity index (χ4n) is 2.80. The van der Waals surface area contributed by atoms with Crippen molar-refractivity contribution in [3.8, 4) is 0 Å². The Labute approximate surface area is 193 Å². The van der Waals surface area contributed by atoms with Crippen molar-refractivity contribution in [1.29, 1.82) is 0 Å². The van der Waals surface area contributed by atoms with Crippen molar-refractivity contribution in [1.82, 2.24) is 15.2 Å². The Morgan fingerprint density at radius 2 is 1.21 bits per heavy atom. The summed E-state index contributed by atoms with van der Waals surface area (Å²) in [7, 11) is 7.40. The zero-order valence-electron chi connectivity index (χ0n) is 19.3. The first-order valence-electron chi connectivity index (χ1n) is 10.4. The van der Waals surface area contributed by atoms with E-state index in [-0.39, 0.29) is 11.9 Å². The Morgan fingerprint density at radius 3 is 1.70 bits per heavy atom. The minimum Gasteiger partial charge on any atom is -0.383 e. The summed E-state index contributed by atoms with van der Waals surface area (Å²) >= 11 is 0. The lowest BCUT2D eigenvalue weighted by Gasteiger charge is -2.18. The molecule has 0 fully saturated rings. The lowest BCUT2D eigenvalue weighted by molar-refractivity contribution is 0.206. The maximum Gasteiger partial charge on any atom is 0.289 e. The third-order valence-corrected chi connectivity index (χ3v) is 4.82. The van der Waals surface area contributed by atoms with Crippen LogP contribution in [0.3, 0.4) is 0 Å². The number of likely N-dealkylation sites (N-methyl/N-ethyl adjacent to an activating group) is 2. The summed E-state index contributed by atoms with van der Waals surface area (Å²) in [5.74, 6) is 0.431. The highest BCUT2D eigenvalue weighted by Gasteiger charge is 2.04. The Kier molecular flexibility index (Phi) is 8.98. The fourth-order valence-corrected chi connectivity index (χ4v) is 2.80. The van der Waals surface area contributed by atoms with Crippen LogP contribution in [0.1, 0.15) is 0 Å². The summed E-state index contributed by atoms with van der Waals surface area (Å²) in [5, 5.41) is 23.2. The molecule has 0 radical (unpaired) electrons. The van der Waals surface area contributed by atoms with E-state index in [0.717, 1.165) is 24.5 Å². The fraction of sp³-hybridized carbons (Fsp3) is 0.364. The maximum atomic E-state index is 5.10. The van der Waals surface area contributed by atoms with E-state index < -0.39 is 0 Å². The van der Waals surface area contributed by atoms with Gasteiger partial charge in [0.1, 0.15) is 0 Å². The van der Waals surface area contributed by atoms with Gasteiger partial charge < -0.3 is 19.3 Å². The minimum absolute atomic E-state index is 0.181. The quantitative estimate of drug-likeness (QED) is 0.395. The monoisotopic (exact) mass is 451 g/mol. The van der Waals surface area contributed by atoms with Crippen molar-refractivity contribution in [3.05, 3.63) is 48.5 Å². The number of aromatic amines is 1. The number of hydrogen-bond donors (Lipinski definition) is 1. The van der Waals surface area contributed by atoms with Crippen LogP contribution in [0.2, 0.25) is 0 Å². The molecule has 2 aromatic carbocycles. The Balaban J connectivity index is 1.55.